The first-order valence-electron chi connectivity index (χ1n) is 14.6. The minimum atomic E-state index is -0.280. The van der Waals surface area contributed by atoms with Crippen LogP contribution in [0.3, 0.4) is 0 Å². The molecule has 43 heavy (non-hydrogen) atoms. The molecule has 12 heteroatoms. The number of amides is 1. The largest absolute Gasteiger partial charge is 0.371 e. The van der Waals surface area contributed by atoms with Crippen LogP contribution >= 0.6 is 0 Å². The zero-order chi connectivity index (χ0) is 30.7. The van der Waals surface area contributed by atoms with Crippen molar-refractivity contribution in [1.82, 2.24) is 34.2 Å². The van der Waals surface area contributed by atoms with E-state index in [1.807, 2.05) is 33.0 Å². The SMILES string of the molecule is C=CCn1c(=O)c2cnc(Nc3cc(N4CCC(N(C)C)CC4)c4cc[nH]c4c3)nc2n1C(/C=C\C)=N/N(C=O)C(C)C. The Labute approximate surface area is 251 Å². The predicted molar refractivity (Wildman–Crippen MR) is 173 cm³/mol. The van der Waals surface area contributed by atoms with Gasteiger partial charge in [0.2, 0.25) is 12.4 Å². The fourth-order valence-corrected chi connectivity index (χ4v) is 5.52. The van der Waals surface area contributed by atoms with Crippen LogP contribution in [0.1, 0.15) is 33.6 Å². The van der Waals surface area contributed by atoms with Gasteiger partial charge in [-0.3, -0.25) is 9.59 Å². The molecule has 1 aliphatic heterocycles. The third-order valence-electron chi connectivity index (χ3n) is 7.80. The number of benzene rings is 1. The molecule has 1 aliphatic rings. The maximum Gasteiger partial charge on any atom is 0.278 e. The predicted octanol–water partition coefficient (Wildman–Crippen LogP) is 4.14. The topological polar surface area (TPSA) is 120 Å². The number of rotatable bonds is 10. The second-order valence-electron chi connectivity index (χ2n) is 11.2. The van der Waals surface area contributed by atoms with Gasteiger partial charge < -0.3 is 20.1 Å². The molecule has 226 valence electrons. The van der Waals surface area contributed by atoms with Gasteiger partial charge in [0, 0.05) is 59.8 Å². The normalized spacial score (nSPS) is 15.0. The number of H-pyrrole nitrogens is 1. The van der Waals surface area contributed by atoms with E-state index in [1.54, 1.807) is 22.9 Å². The van der Waals surface area contributed by atoms with Crippen LogP contribution in [0.25, 0.3) is 21.9 Å². The molecular formula is C31H40N10O2. The van der Waals surface area contributed by atoms with Gasteiger partial charge in [0.1, 0.15) is 5.39 Å². The van der Waals surface area contributed by atoms with Crippen molar-refractivity contribution < 1.29 is 4.79 Å². The first-order chi connectivity index (χ1) is 20.7. The summed E-state index contributed by atoms with van der Waals surface area (Å²) in [4.78, 5) is 42.6. The van der Waals surface area contributed by atoms with E-state index in [-0.39, 0.29) is 18.1 Å². The average Bonchev–Trinajstić information content (AvgIpc) is 3.57. The molecule has 1 amide bonds. The lowest BCUT2D eigenvalue weighted by Crippen LogP contribution is -2.42. The van der Waals surface area contributed by atoms with E-state index in [4.69, 9.17) is 4.98 Å². The fourth-order valence-electron chi connectivity index (χ4n) is 5.52. The number of anilines is 3. The molecule has 0 unspecified atom stereocenters. The molecule has 0 atom stereocenters. The molecular weight excluding hydrogens is 544 g/mol. The molecule has 0 radical (unpaired) electrons. The number of piperidine rings is 1. The van der Waals surface area contributed by atoms with Gasteiger partial charge in [-0.05, 0) is 72.0 Å². The lowest BCUT2D eigenvalue weighted by atomic mass is 10.0. The van der Waals surface area contributed by atoms with E-state index in [0.717, 1.165) is 48.2 Å². The average molecular weight is 585 g/mol. The standard InChI is InChI=1S/C31H40N10O2/c1-7-9-28(36-39(20-42)21(3)4)41-29-25(30(43)40(41)14-8-2)19-33-31(35-29)34-22-17-26-24(10-13-32-26)27(18-22)38-15-11-23(12-16-38)37(5)6/h7-10,13,17-21,23,32H,2,11-12,14-16H2,1,3-6H3,(H,33,34,35)/b9-7-,36-28+. The number of allylic oxidation sites excluding steroid dienone is 3. The molecule has 4 heterocycles. The van der Waals surface area contributed by atoms with Crippen LogP contribution in [-0.2, 0) is 11.3 Å². The summed E-state index contributed by atoms with van der Waals surface area (Å²) in [5, 5.41) is 10.7. The van der Waals surface area contributed by atoms with Crippen molar-refractivity contribution in [1.29, 1.82) is 0 Å². The van der Waals surface area contributed by atoms with E-state index >= 15 is 0 Å². The Hall–Kier alpha value is -4.71. The molecule has 4 aromatic rings. The van der Waals surface area contributed by atoms with Crippen LogP contribution in [-0.4, -0.2) is 85.7 Å². The summed E-state index contributed by atoms with van der Waals surface area (Å²) in [7, 11) is 4.29. The molecule has 0 saturated carbocycles. The summed E-state index contributed by atoms with van der Waals surface area (Å²) in [6.07, 6.45) is 11.5. The van der Waals surface area contributed by atoms with E-state index in [9.17, 15) is 9.59 Å². The van der Waals surface area contributed by atoms with Gasteiger partial charge in [-0.1, -0.05) is 12.2 Å². The van der Waals surface area contributed by atoms with Crippen LogP contribution < -0.4 is 15.8 Å². The number of nitrogens with one attached hydrogen (secondary N) is 2. The number of hydrazone groups is 1. The molecule has 3 aromatic heterocycles. The van der Waals surface area contributed by atoms with Crippen molar-refractivity contribution >= 4 is 51.5 Å². The summed E-state index contributed by atoms with van der Waals surface area (Å²) in [6.45, 7) is 11.5. The van der Waals surface area contributed by atoms with Crippen molar-refractivity contribution in [2.24, 2.45) is 5.10 Å². The van der Waals surface area contributed by atoms with E-state index in [1.165, 1.54) is 15.9 Å². The first-order valence-corrected chi connectivity index (χ1v) is 14.6. The number of aromatic amines is 1. The number of hydrogen-bond acceptors (Lipinski definition) is 8. The molecule has 0 bridgehead atoms. The maximum absolute atomic E-state index is 13.4. The van der Waals surface area contributed by atoms with Crippen LogP contribution in [0.5, 0.6) is 0 Å². The van der Waals surface area contributed by atoms with E-state index in [0.29, 0.717) is 35.3 Å². The summed E-state index contributed by atoms with van der Waals surface area (Å²) in [5.41, 5.74) is 3.07. The highest BCUT2D eigenvalue weighted by atomic mass is 16.1. The third-order valence-corrected chi connectivity index (χ3v) is 7.80. The molecule has 0 spiro atoms. The van der Waals surface area contributed by atoms with Crippen LogP contribution in [0, 0.1) is 0 Å². The molecule has 5 rings (SSSR count). The number of fused-ring (bicyclic) bond motifs is 2. The summed E-state index contributed by atoms with van der Waals surface area (Å²) >= 11 is 0. The van der Waals surface area contributed by atoms with Gasteiger partial charge in [0.25, 0.3) is 5.56 Å². The second-order valence-corrected chi connectivity index (χ2v) is 11.2. The Morgan fingerprint density at radius 2 is 2.02 bits per heavy atom. The van der Waals surface area contributed by atoms with Crippen LogP contribution in [0.2, 0.25) is 0 Å². The van der Waals surface area contributed by atoms with Gasteiger partial charge in [0.15, 0.2) is 11.5 Å². The molecule has 2 N–H and O–H groups in total. The zero-order valence-electron chi connectivity index (χ0n) is 25.5. The summed E-state index contributed by atoms with van der Waals surface area (Å²) in [5.74, 6) is 0.689. The van der Waals surface area contributed by atoms with E-state index < -0.39 is 0 Å². The Morgan fingerprint density at radius 3 is 2.67 bits per heavy atom. The van der Waals surface area contributed by atoms with Gasteiger partial charge in [-0.15, -0.1) is 6.58 Å². The highest BCUT2D eigenvalue weighted by Crippen LogP contribution is 2.33. The Balaban J connectivity index is 1.57. The Morgan fingerprint density at radius 1 is 1.26 bits per heavy atom. The number of carbonyl (C=O) groups excluding carboxylic acids is 1. The fraction of sp³-hybridized carbons (Fsp3) is 0.387. The van der Waals surface area contributed by atoms with Crippen molar-refractivity contribution in [3.05, 3.63) is 65.8 Å². The van der Waals surface area contributed by atoms with Crippen molar-refractivity contribution in [2.75, 3.05) is 37.4 Å². The van der Waals surface area contributed by atoms with Crippen molar-refractivity contribution in [3.63, 3.8) is 0 Å². The van der Waals surface area contributed by atoms with Gasteiger partial charge >= 0.3 is 0 Å². The smallest absolute Gasteiger partial charge is 0.278 e. The number of hydrogen-bond donors (Lipinski definition) is 2. The summed E-state index contributed by atoms with van der Waals surface area (Å²) in [6, 6.07) is 6.68. The van der Waals surface area contributed by atoms with Gasteiger partial charge in [-0.25, -0.2) is 19.4 Å². The monoisotopic (exact) mass is 584 g/mol. The number of carbonyl (C=O) groups is 1. The van der Waals surface area contributed by atoms with Crippen LogP contribution in [0.4, 0.5) is 17.3 Å². The zero-order valence-corrected chi connectivity index (χ0v) is 25.5. The third kappa shape index (κ3) is 5.96. The van der Waals surface area contributed by atoms with Gasteiger partial charge in [0.05, 0.1) is 6.54 Å². The van der Waals surface area contributed by atoms with Gasteiger partial charge in [-0.2, -0.15) is 10.1 Å². The maximum atomic E-state index is 13.4. The first kappa shape index (κ1) is 29.8. The quantitative estimate of drug-likeness (QED) is 0.0945. The number of aromatic nitrogens is 5. The molecule has 1 aromatic carbocycles. The molecule has 0 aliphatic carbocycles. The second kappa shape index (κ2) is 12.7. The van der Waals surface area contributed by atoms with E-state index in [2.05, 4.69) is 63.0 Å². The highest BCUT2D eigenvalue weighted by Gasteiger charge is 2.23. The lowest BCUT2D eigenvalue weighted by molar-refractivity contribution is -0.119. The molecule has 1 fully saturated rings. The molecule has 12 nitrogen and oxygen atoms in total. The number of nitrogens with zero attached hydrogens (tertiary/aromatic N) is 8. The minimum Gasteiger partial charge on any atom is -0.371 e. The highest BCUT2D eigenvalue weighted by molar-refractivity contribution is 6.00. The Kier molecular flexibility index (Phi) is 8.76. The van der Waals surface area contributed by atoms with Crippen molar-refractivity contribution in [2.45, 2.75) is 52.2 Å². The van der Waals surface area contributed by atoms with Crippen LogP contribution in [0.15, 0.2) is 65.3 Å². The lowest BCUT2D eigenvalue weighted by Gasteiger charge is -2.37. The Bertz CT molecular complexity index is 1730. The minimum absolute atomic E-state index is 0.184. The summed E-state index contributed by atoms with van der Waals surface area (Å²) < 4.78 is 3.10. The van der Waals surface area contributed by atoms with Crippen molar-refractivity contribution in [3.8, 4) is 0 Å². The molecule has 1 saturated heterocycles.